The van der Waals surface area contributed by atoms with E-state index in [-0.39, 0.29) is 36.0 Å². The summed E-state index contributed by atoms with van der Waals surface area (Å²) in [5, 5.41) is 30.6. The first kappa shape index (κ1) is 39.8. The van der Waals surface area contributed by atoms with Crippen molar-refractivity contribution >= 4 is 39.2 Å². The van der Waals surface area contributed by atoms with Gasteiger partial charge in [0.1, 0.15) is 18.7 Å². The summed E-state index contributed by atoms with van der Waals surface area (Å²) in [6.45, 7) is 10.5. The van der Waals surface area contributed by atoms with Gasteiger partial charge in [-0.25, -0.2) is 0 Å². The van der Waals surface area contributed by atoms with Gasteiger partial charge in [-0.1, -0.05) is 54.8 Å². The average Bonchev–Trinajstić information content (AvgIpc) is 3.10. The second-order valence-electron chi connectivity index (χ2n) is 11.9. The Labute approximate surface area is 285 Å². The van der Waals surface area contributed by atoms with Crippen LogP contribution >= 0.6 is 15.9 Å². The molecule has 2 aliphatic heterocycles. The van der Waals surface area contributed by atoms with Crippen molar-refractivity contribution in [3.8, 4) is 0 Å². The third-order valence-corrected chi connectivity index (χ3v) is 9.44. The first-order valence-corrected chi connectivity index (χ1v) is 17.5. The van der Waals surface area contributed by atoms with Crippen molar-refractivity contribution < 1.29 is 29.3 Å². The van der Waals surface area contributed by atoms with Crippen LogP contribution < -0.4 is 0 Å². The van der Waals surface area contributed by atoms with Crippen LogP contribution in [0.2, 0.25) is 0 Å². The first-order valence-electron chi connectivity index (χ1n) is 16.4. The van der Waals surface area contributed by atoms with Crippen LogP contribution in [0.5, 0.6) is 0 Å². The summed E-state index contributed by atoms with van der Waals surface area (Å²) in [6, 6.07) is 12.9. The maximum atomic E-state index is 12.4. The molecule has 2 heterocycles. The van der Waals surface area contributed by atoms with Crippen LogP contribution in [0.15, 0.2) is 48.5 Å². The average molecular weight is 722 g/mol. The normalized spacial score (nSPS) is 19.5. The predicted octanol–water partition coefficient (Wildman–Crippen LogP) is 7.50. The number of nitro groups is 2. The van der Waals surface area contributed by atoms with Crippen LogP contribution in [-0.2, 0) is 26.3 Å². The molecule has 0 aliphatic carbocycles. The number of halogens is 1. The van der Waals surface area contributed by atoms with Crippen LogP contribution in [0.1, 0.15) is 90.2 Å². The molecule has 2 fully saturated rings. The number of nitrogens with zero attached hydrogens (tertiary/aromatic N) is 4. The highest BCUT2D eigenvalue weighted by Gasteiger charge is 2.32. The van der Waals surface area contributed by atoms with Crippen molar-refractivity contribution in [3.05, 3.63) is 79.9 Å². The highest BCUT2D eigenvalue weighted by Crippen LogP contribution is 2.23. The third-order valence-electron chi connectivity index (χ3n) is 8.79. The number of likely N-dealkylation sites (tertiary alicyclic amines) is 2. The molecular formula is C34H49BrN4O8. The zero-order valence-electron chi connectivity index (χ0n) is 27.9. The first-order chi connectivity index (χ1) is 22.4. The SMILES string of the molecule is CCC(C)N1CCCCC1C(=O)O.CCC(C)N1CCCCC1C(=O)OCc1ccc([N+](=O)[O-])cc1.O=[N+]([O-])c1ccc(CBr)cc1. The number of alkyl halides is 1. The van der Waals surface area contributed by atoms with Gasteiger partial charge in [0.15, 0.2) is 0 Å². The molecule has 4 rings (SSSR count). The fourth-order valence-corrected chi connectivity index (χ4v) is 6.00. The van der Waals surface area contributed by atoms with Gasteiger partial charge in [-0.3, -0.25) is 39.6 Å². The number of ether oxygens (including phenoxy) is 1. The summed E-state index contributed by atoms with van der Waals surface area (Å²) in [5.41, 5.74) is 1.97. The summed E-state index contributed by atoms with van der Waals surface area (Å²) in [6.07, 6.45) is 8.07. The van der Waals surface area contributed by atoms with E-state index in [1.807, 2.05) is 0 Å². The fraction of sp³-hybridized carbons (Fsp3) is 0.588. The zero-order valence-corrected chi connectivity index (χ0v) is 29.5. The van der Waals surface area contributed by atoms with Gasteiger partial charge in [-0.15, -0.1) is 0 Å². The molecule has 13 heteroatoms. The molecule has 0 aromatic heterocycles. The van der Waals surface area contributed by atoms with Crippen LogP contribution in [0, 0.1) is 20.2 Å². The number of rotatable bonds is 11. The number of carbonyl (C=O) groups is 2. The van der Waals surface area contributed by atoms with Crippen molar-refractivity contribution in [2.75, 3.05) is 13.1 Å². The largest absolute Gasteiger partial charge is 0.480 e. The molecule has 2 aromatic rings. The summed E-state index contributed by atoms with van der Waals surface area (Å²) in [7, 11) is 0. The lowest BCUT2D eigenvalue weighted by Crippen LogP contribution is -2.49. The number of esters is 1. The van der Waals surface area contributed by atoms with E-state index in [2.05, 4.69) is 53.4 Å². The van der Waals surface area contributed by atoms with E-state index in [0.29, 0.717) is 12.1 Å². The summed E-state index contributed by atoms with van der Waals surface area (Å²) < 4.78 is 5.44. The van der Waals surface area contributed by atoms with Crippen LogP contribution in [-0.4, -0.2) is 73.9 Å². The molecule has 12 nitrogen and oxygen atoms in total. The lowest BCUT2D eigenvalue weighted by Gasteiger charge is -2.38. The van der Waals surface area contributed by atoms with Crippen molar-refractivity contribution in [1.82, 2.24) is 9.80 Å². The van der Waals surface area contributed by atoms with Gasteiger partial charge in [0.05, 0.1) is 9.85 Å². The number of hydrogen-bond donors (Lipinski definition) is 1. The lowest BCUT2D eigenvalue weighted by atomic mass is 9.99. The van der Waals surface area contributed by atoms with Crippen LogP contribution in [0.4, 0.5) is 11.4 Å². The predicted molar refractivity (Wildman–Crippen MR) is 184 cm³/mol. The van der Waals surface area contributed by atoms with Gasteiger partial charge in [0.2, 0.25) is 0 Å². The molecule has 4 atom stereocenters. The van der Waals surface area contributed by atoms with Gasteiger partial charge in [-0.2, -0.15) is 0 Å². The maximum absolute atomic E-state index is 12.4. The monoisotopic (exact) mass is 720 g/mol. The minimum atomic E-state index is -0.653. The summed E-state index contributed by atoms with van der Waals surface area (Å²) in [5.74, 6) is -0.844. The van der Waals surface area contributed by atoms with E-state index >= 15 is 0 Å². The number of piperidine rings is 2. The molecule has 0 bridgehead atoms. The lowest BCUT2D eigenvalue weighted by molar-refractivity contribution is -0.385. The Balaban J connectivity index is 0.000000270. The van der Waals surface area contributed by atoms with Gasteiger partial charge in [0, 0.05) is 41.7 Å². The van der Waals surface area contributed by atoms with E-state index in [9.17, 15) is 29.8 Å². The van der Waals surface area contributed by atoms with Gasteiger partial charge >= 0.3 is 11.9 Å². The highest BCUT2D eigenvalue weighted by atomic mass is 79.9. The Morgan fingerprint density at radius 2 is 1.23 bits per heavy atom. The molecule has 1 N–H and O–H groups in total. The number of non-ortho nitro benzene ring substituents is 2. The Hall–Kier alpha value is -3.42. The molecular weight excluding hydrogens is 672 g/mol. The van der Waals surface area contributed by atoms with Gasteiger partial charge < -0.3 is 9.84 Å². The Bertz CT molecular complexity index is 1280. The summed E-state index contributed by atoms with van der Waals surface area (Å²) in [4.78, 5) is 47.7. The van der Waals surface area contributed by atoms with Crippen molar-refractivity contribution in [2.24, 2.45) is 0 Å². The van der Waals surface area contributed by atoms with E-state index in [0.717, 1.165) is 80.9 Å². The number of carbonyl (C=O) groups excluding carboxylic acids is 1. The molecule has 47 heavy (non-hydrogen) atoms. The van der Waals surface area contributed by atoms with E-state index in [1.165, 1.54) is 24.3 Å². The fourth-order valence-electron chi connectivity index (χ4n) is 5.62. The van der Waals surface area contributed by atoms with E-state index in [1.54, 1.807) is 24.3 Å². The Kier molecular flexibility index (Phi) is 17.5. The molecule has 4 unspecified atom stereocenters. The van der Waals surface area contributed by atoms with Crippen molar-refractivity contribution in [2.45, 2.75) is 115 Å². The zero-order chi connectivity index (χ0) is 34.9. The number of nitro benzene ring substituents is 2. The number of aliphatic carboxylic acids is 1. The minimum absolute atomic E-state index is 0.0373. The standard InChI is InChI=1S/C17H24N2O4.C10H19NO2.C7H6BrNO2/c1-3-13(2)18-11-5-4-6-16(18)17(20)23-12-14-7-9-15(10-8-14)19(21)22;1-3-8(2)11-7-5-4-6-9(11)10(12)13;8-5-6-1-3-7(4-2-6)9(10)11/h7-10,13,16H,3-6,11-12H2,1-2H3;8-9H,3-7H2,1-2H3,(H,12,13);1-4H,5H2. The number of hydrogen-bond acceptors (Lipinski definition) is 9. The molecule has 0 spiro atoms. The highest BCUT2D eigenvalue weighted by molar-refractivity contribution is 9.08. The van der Waals surface area contributed by atoms with E-state index < -0.39 is 15.8 Å². The van der Waals surface area contributed by atoms with Crippen molar-refractivity contribution in [3.63, 3.8) is 0 Å². The second kappa shape index (κ2) is 20.7. The molecule has 2 saturated heterocycles. The number of benzene rings is 2. The topological polar surface area (TPSA) is 156 Å². The molecule has 0 radical (unpaired) electrons. The third kappa shape index (κ3) is 13.0. The number of carboxylic acid groups (broad SMARTS) is 1. The second-order valence-corrected chi connectivity index (χ2v) is 12.5. The minimum Gasteiger partial charge on any atom is -0.480 e. The van der Waals surface area contributed by atoms with Crippen LogP contribution in [0.3, 0.4) is 0 Å². The Morgan fingerprint density at radius 1 is 0.809 bits per heavy atom. The molecule has 0 saturated carbocycles. The summed E-state index contributed by atoms with van der Waals surface area (Å²) >= 11 is 3.25. The van der Waals surface area contributed by atoms with Gasteiger partial charge in [-0.05, 0) is 88.7 Å². The quantitative estimate of drug-likeness (QED) is 0.107. The smallest absolute Gasteiger partial charge is 0.323 e. The van der Waals surface area contributed by atoms with Crippen LogP contribution in [0.25, 0.3) is 0 Å². The van der Waals surface area contributed by atoms with E-state index in [4.69, 9.17) is 9.84 Å². The maximum Gasteiger partial charge on any atom is 0.323 e. The molecule has 260 valence electrons. The molecule has 2 aromatic carbocycles. The van der Waals surface area contributed by atoms with Crippen molar-refractivity contribution in [1.29, 1.82) is 0 Å². The molecule has 2 aliphatic rings. The molecule has 0 amide bonds. The number of carboxylic acids is 1. The van der Waals surface area contributed by atoms with Gasteiger partial charge in [0.25, 0.3) is 11.4 Å². The Morgan fingerprint density at radius 3 is 1.64 bits per heavy atom.